The quantitative estimate of drug-likeness (QED) is 0.776. The summed E-state index contributed by atoms with van der Waals surface area (Å²) in [4.78, 5) is 11.5. The zero-order chi connectivity index (χ0) is 12.3. The first-order valence-corrected chi connectivity index (χ1v) is 6.43. The van der Waals surface area contributed by atoms with Crippen LogP contribution in [0.15, 0.2) is 24.3 Å². The lowest BCUT2D eigenvalue weighted by Gasteiger charge is -2.09. The Kier molecular flexibility index (Phi) is 3.82. The molecule has 0 N–H and O–H groups in total. The molecule has 1 aromatic carbocycles. The predicted molar refractivity (Wildman–Crippen MR) is 68.4 cm³/mol. The highest BCUT2D eigenvalue weighted by Gasteiger charge is 2.23. The van der Waals surface area contributed by atoms with Gasteiger partial charge < -0.3 is 4.74 Å². The molecule has 0 fully saturated rings. The molecule has 0 aliphatic carbocycles. The van der Waals surface area contributed by atoms with E-state index in [9.17, 15) is 4.79 Å². The van der Waals surface area contributed by atoms with Crippen molar-refractivity contribution in [2.45, 2.75) is 39.0 Å². The summed E-state index contributed by atoms with van der Waals surface area (Å²) in [5, 5.41) is 0. The van der Waals surface area contributed by atoms with E-state index in [4.69, 9.17) is 4.74 Å². The van der Waals surface area contributed by atoms with Gasteiger partial charge in [-0.2, -0.15) is 0 Å². The first-order valence-electron chi connectivity index (χ1n) is 6.43. The van der Waals surface area contributed by atoms with Gasteiger partial charge in [-0.3, -0.25) is 4.79 Å². The molecule has 0 saturated heterocycles. The fourth-order valence-corrected chi connectivity index (χ4v) is 2.28. The van der Waals surface area contributed by atoms with Crippen molar-refractivity contribution in [1.82, 2.24) is 0 Å². The van der Waals surface area contributed by atoms with Gasteiger partial charge in [0.2, 0.25) is 0 Å². The number of hydrogen-bond acceptors (Lipinski definition) is 2. The van der Waals surface area contributed by atoms with Crippen LogP contribution in [0, 0.1) is 5.92 Å². The Hall–Kier alpha value is -1.31. The molecule has 1 unspecified atom stereocenters. The first kappa shape index (κ1) is 12.2. The van der Waals surface area contributed by atoms with Crippen molar-refractivity contribution in [3.05, 3.63) is 29.8 Å². The summed E-state index contributed by atoms with van der Waals surface area (Å²) in [6.45, 7) is 4.71. The Morgan fingerprint density at radius 2 is 2.18 bits per heavy atom. The van der Waals surface area contributed by atoms with E-state index in [0.29, 0.717) is 18.1 Å². The van der Waals surface area contributed by atoms with Gasteiger partial charge in [0.15, 0.2) is 0 Å². The highest BCUT2D eigenvalue weighted by atomic mass is 16.5. The van der Waals surface area contributed by atoms with Gasteiger partial charge in [-0.1, -0.05) is 32.0 Å². The van der Waals surface area contributed by atoms with Crippen LogP contribution in [0.2, 0.25) is 0 Å². The standard InChI is InChI=1S/C15H20O2/c1-11(2)14(16)8-5-6-12-10-17-15-9-4-3-7-13(12)15/h3-4,7,9,11-12H,5-6,8,10H2,1-2H3. The van der Waals surface area contributed by atoms with Gasteiger partial charge >= 0.3 is 0 Å². The zero-order valence-corrected chi connectivity index (χ0v) is 10.6. The van der Waals surface area contributed by atoms with E-state index in [2.05, 4.69) is 12.1 Å². The number of Topliss-reactive ketones (excluding diaryl/α,β-unsaturated/α-hetero) is 1. The average molecular weight is 232 g/mol. The molecule has 2 rings (SSSR count). The fraction of sp³-hybridized carbons (Fsp3) is 0.533. The van der Waals surface area contributed by atoms with E-state index in [0.717, 1.165) is 25.2 Å². The number of ketones is 1. The summed E-state index contributed by atoms with van der Waals surface area (Å²) >= 11 is 0. The molecule has 1 aliphatic rings. The minimum Gasteiger partial charge on any atom is -0.493 e. The molecule has 1 heterocycles. The molecule has 0 saturated carbocycles. The van der Waals surface area contributed by atoms with E-state index >= 15 is 0 Å². The Morgan fingerprint density at radius 3 is 2.94 bits per heavy atom. The second-order valence-electron chi connectivity index (χ2n) is 5.06. The Balaban J connectivity index is 1.84. The summed E-state index contributed by atoms with van der Waals surface area (Å²) in [5.41, 5.74) is 1.31. The SMILES string of the molecule is CC(C)C(=O)CCCC1COc2ccccc21. The number of carbonyl (C=O) groups is 1. The third kappa shape index (κ3) is 2.87. The van der Waals surface area contributed by atoms with E-state index in [1.54, 1.807) is 0 Å². The van der Waals surface area contributed by atoms with Gasteiger partial charge in [0.05, 0.1) is 6.61 Å². The van der Waals surface area contributed by atoms with Crippen LogP contribution in [-0.2, 0) is 4.79 Å². The molecular weight excluding hydrogens is 212 g/mol. The van der Waals surface area contributed by atoms with Gasteiger partial charge in [-0.05, 0) is 18.9 Å². The lowest BCUT2D eigenvalue weighted by Crippen LogP contribution is -2.08. The fourth-order valence-electron chi connectivity index (χ4n) is 2.28. The normalized spacial score (nSPS) is 17.9. The molecule has 1 aliphatic heterocycles. The molecule has 92 valence electrons. The van der Waals surface area contributed by atoms with Crippen molar-refractivity contribution in [2.24, 2.45) is 5.92 Å². The molecular formula is C15H20O2. The predicted octanol–water partition coefficient (Wildman–Crippen LogP) is 3.56. The minimum absolute atomic E-state index is 0.169. The van der Waals surface area contributed by atoms with Crippen LogP contribution in [0.5, 0.6) is 5.75 Å². The monoisotopic (exact) mass is 232 g/mol. The van der Waals surface area contributed by atoms with Gasteiger partial charge in [0, 0.05) is 23.8 Å². The Labute approximate surface area is 103 Å². The molecule has 0 radical (unpaired) electrons. The summed E-state index contributed by atoms with van der Waals surface area (Å²) < 4.78 is 5.63. The van der Waals surface area contributed by atoms with Gasteiger partial charge in [-0.15, -0.1) is 0 Å². The van der Waals surface area contributed by atoms with E-state index in [1.165, 1.54) is 5.56 Å². The van der Waals surface area contributed by atoms with Crippen LogP contribution < -0.4 is 4.74 Å². The van der Waals surface area contributed by atoms with E-state index in [1.807, 2.05) is 26.0 Å². The number of rotatable bonds is 5. The number of ether oxygens (including phenoxy) is 1. The van der Waals surface area contributed by atoms with Crippen LogP contribution in [0.1, 0.15) is 44.6 Å². The third-order valence-corrected chi connectivity index (χ3v) is 3.42. The summed E-state index contributed by atoms with van der Waals surface area (Å²) in [7, 11) is 0. The lowest BCUT2D eigenvalue weighted by atomic mass is 9.93. The highest BCUT2D eigenvalue weighted by molar-refractivity contribution is 5.80. The Bertz CT molecular complexity index is 396. The van der Waals surface area contributed by atoms with E-state index < -0.39 is 0 Å². The molecule has 1 atom stereocenters. The Morgan fingerprint density at radius 1 is 1.41 bits per heavy atom. The van der Waals surface area contributed by atoms with E-state index in [-0.39, 0.29) is 5.92 Å². The minimum atomic E-state index is 0.169. The van der Waals surface area contributed by atoms with Crippen molar-refractivity contribution in [2.75, 3.05) is 6.61 Å². The van der Waals surface area contributed by atoms with Gasteiger partial charge in [-0.25, -0.2) is 0 Å². The maximum Gasteiger partial charge on any atom is 0.135 e. The number of hydrogen-bond donors (Lipinski definition) is 0. The molecule has 17 heavy (non-hydrogen) atoms. The second-order valence-corrected chi connectivity index (χ2v) is 5.06. The zero-order valence-electron chi connectivity index (χ0n) is 10.6. The van der Waals surface area contributed by atoms with Crippen LogP contribution in [0.3, 0.4) is 0 Å². The van der Waals surface area contributed by atoms with Crippen molar-refractivity contribution >= 4 is 5.78 Å². The number of para-hydroxylation sites is 1. The maximum atomic E-state index is 11.5. The molecule has 2 heteroatoms. The first-order chi connectivity index (χ1) is 8.18. The van der Waals surface area contributed by atoms with Crippen LogP contribution in [0.4, 0.5) is 0 Å². The van der Waals surface area contributed by atoms with Crippen molar-refractivity contribution < 1.29 is 9.53 Å². The summed E-state index contributed by atoms with van der Waals surface area (Å²) in [6.07, 6.45) is 2.73. The molecule has 1 aromatic rings. The molecule has 0 bridgehead atoms. The third-order valence-electron chi connectivity index (χ3n) is 3.42. The molecule has 0 aromatic heterocycles. The second kappa shape index (κ2) is 5.35. The largest absolute Gasteiger partial charge is 0.493 e. The van der Waals surface area contributed by atoms with Crippen molar-refractivity contribution in [3.8, 4) is 5.75 Å². The highest BCUT2D eigenvalue weighted by Crippen LogP contribution is 2.36. The average Bonchev–Trinajstić information content (AvgIpc) is 2.72. The summed E-state index contributed by atoms with van der Waals surface area (Å²) in [5.74, 6) is 2.04. The van der Waals surface area contributed by atoms with Crippen LogP contribution >= 0.6 is 0 Å². The van der Waals surface area contributed by atoms with Crippen LogP contribution in [-0.4, -0.2) is 12.4 Å². The topological polar surface area (TPSA) is 26.3 Å². The van der Waals surface area contributed by atoms with Gasteiger partial charge in [0.25, 0.3) is 0 Å². The smallest absolute Gasteiger partial charge is 0.135 e. The molecule has 0 spiro atoms. The number of carbonyl (C=O) groups excluding carboxylic acids is 1. The lowest BCUT2D eigenvalue weighted by molar-refractivity contribution is -0.122. The number of benzene rings is 1. The maximum absolute atomic E-state index is 11.5. The van der Waals surface area contributed by atoms with Crippen molar-refractivity contribution in [1.29, 1.82) is 0 Å². The van der Waals surface area contributed by atoms with Crippen LogP contribution in [0.25, 0.3) is 0 Å². The van der Waals surface area contributed by atoms with Crippen molar-refractivity contribution in [3.63, 3.8) is 0 Å². The summed E-state index contributed by atoms with van der Waals surface area (Å²) in [6, 6.07) is 8.22. The van der Waals surface area contributed by atoms with Gasteiger partial charge in [0.1, 0.15) is 11.5 Å². The number of fused-ring (bicyclic) bond motifs is 1. The molecule has 2 nitrogen and oxygen atoms in total. The molecule has 0 amide bonds.